The number of hydrogen-bond acceptors (Lipinski definition) is 4. The highest BCUT2D eigenvalue weighted by atomic mass is 35.5. The highest BCUT2D eigenvalue weighted by Crippen LogP contribution is 2.25. The van der Waals surface area contributed by atoms with Gasteiger partial charge in [0, 0.05) is 11.6 Å². The zero-order valence-electron chi connectivity index (χ0n) is 18.6. The molecule has 8 heteroatoms. The van der Waals surface area contributed by atoms with Crippen molar-refractivity contribution in [3.8, 4) is 0 Å². The van der Waals surface area contributed by atoms with Crippen LogP contribution < -0.4 is 9.62 Å². The second-order valence-electron chi connectivity index (χ2n) is 8.26. The smallest absolute Gasteiger partial charge is 0.264 e. The number of hydrogen-bond donors (Lipinski definition) is 1. The van der Waals surface area contributed by atoms with Crippen LogP contribution in [0, 0.1) is 6.92 Å². The maximum atomic E-state index is 13.3. The molecule has 1 aliphatic heterocycles. The maximum absolute atomic E-state index is 13.3. The topological polar surface area (TPSA) is 69.7 Å². The number of halogens is 1. The Morgan fingerprint density at radius 1 is 1.00 bits per heavy atom. The summed E-state index contributed by atoms with van der Waals surface area (Å²) in [5.41, 5.74) is 1.46. The van der Waals surface area contributed by atoms with Gasteiger partial charge in [-0.3, -0.25) is 9.10 Å². The Balaban J connectivity index is 1.65. The lowest BCUT2D eigenvalue weighted by Crippen LogP contribution is -2.41. The minimum Gasteiger partial charge on any atom is -0.354 e. The summed E-state index contributed by atoms with van der Waals surface area (Å²) in [6.45, 7) is 5.36. The highest BCUT2D eigenvalue weighted by molar-refractivity contribution is 7.92. The molecule has 3 rings (SSSR count). The van der Waals surface area contributed by atoms with E-state index in [2.05, 4.69) is 10.2 Å². The van der Waals surface area contributed by atoms with Crippen LogP contribution in [0.4, 0.5) is 5.69 Å². The maximum Gasteiger partial charge on any atom is 0.264 e. The number of nitrogens with one attached hydrogen (secondary N) is 1. The third-order valence-corrected chi connectivity index (χ3v) is 7.72. The van der Waals surface area contributed by atoms with Crippen LogP contribution in [0.1, 0.15) is 37.7 Å². The summed E-state index contributed by atoms with van der Waals surface area (Å²) in [6, 6.07) is 13.1. The number of carbonyl (C=O) groups excluding carboxylic acids is 1. The van der Waals surface area contributed by atoms with E-state index in [9.17, 15) is 13.2 Å². The fourth-order valence-corrected chi connectivity index (χ4v) is 5.38. The van der Waals surface area contributed by atoms with E-state index in [4.69, 9.17) is 11.6 Å². The lowest BCUT2D eigenvalue weighted by atomic mass is 10.2. The molecule has 2 aromatic rings. The van der Waals surface area contributed by atoms with Gasteiger partial charge in [0.25, 0.3) is 10.0 Å². The van der Waals surface area contributed by atoms with Crippen molar-refractivity contribution in [1.29, 1.82) is 0 Å². The molecule has 0 bridgehead atoms. The number of likely N-dealkylation sites (tertiary alicyclic amines) is 1. The zero-order chi connectivity index (χ0) is 23.0. The number of benzene rings is 2. The van der Waals surface area contributed by atoms with Gasteiger partial charge in [-0.2, -0.15) is 0 Å². The van der Waals surface area contributed by atoms with E-state index in [-0.39, 0.29) is 17.3 Å². The van der Waals surface area contributed by atoms with E-state index in [0.717, 1.165) is 35.9 Å². The molecular weight excluding hydrogens is 446 g/mol. The summed E-state index contributed by atoms with van der Waals surface area (Å²) in [7, 11) is -3.92. The van der Waals surface area contributed by atoms with E-state index in [0.29, 0.717) is 17.3 Å². The van der Waals surface area contributed by atoms with Crippen molar-refractivity contribution in [2.45, 2.75) is 43.9 Å². The normalized spacial score (nSPS) is 15.2. The molecule has 6 nitrogen and oxygen atoms in total. The Bertz CT molecular complexity index is 971. The fraction of sp³-hybridized carbons (Fsp3) is 0.458. The van der Waals surface area contributed by atoms with Crippen LogP contribution in [-0.2, 0) is 14.8 Å². The third kappa shape index (κ3) is 6.95. The number of sulfonamides is 1. The van der Waals surface area contributed by atoms with E-state index < -0.39 is 10.0 Å². The van der Waals surface area contributed by atoms with Crippen molar-refractivity contribution in [3.05, 3.63) is 59.1 Å². The molecule has 0 aliphatic carbocycles. The first kappa shape index (κ1) is 24.6. The molecule has 0 radical (unpaired) electrons. The molecule has 0 aromatic heterocycles. The minimum absolute atomic E-state index is 0.0939. The van der Waals surface area contributed by atoms with Gasteiger partial charge in [-0.1, -0.05) is 42.1 Å². The number of nitrogens with zero attached hydrogens (tertiary/aromatic N) is 2. The SMILES string of the molecule is Cc1ccc(N(CC(=O)NCCCN2CCCCCC2)S(=O)(=O)c2ccc(Cl)cc2)cc1. The van der Waals surface area contributed by atoms with E-state index in [1.54, 1.807) is 12.1 Å². The van der Waals surface area contributed by atoms with Gasteiger partial charge in [-0.15, -0.1) is 0 Å². The first-order chi connectivity index (χ1) is 15.4. The van der Waals surface area contributed by atoms with Crippen molar-refractivity contribution in [3.63, 3.8) is 0 Å². The van der Waals surface area contributed by atoms with Crippen LogP contribution in [0.2, 0.25) is 5.02 Å². The molecule has 1 heterocycles. The van der Waals surface area contributed by atoms with Gasteiger partial charge in [0.05, 0.1) is 10.6 Å². The largest absolute Gasteiger partial charge is 0.354 e. The van der Waals surface area contributed by atoms with Crippen LogP contribution in [0.5, 0.6) is 0 Å². The second-order valence-corrected chi connectivity index (χ2v) is 10.6. The van der Waals surface area contributed by atoms with Gasteiger partial charge in [0.2, 0.25) is 5.91 Å². The summed E-state index contributed by atoms with van der Waals surface area (Å²) >= 11 is 5.92. The van der Waals surface area contributed by atoms with Gasteiger partial charge in [0.1, 0.15) is 6.54 Å². The van der Waals surface area contributed by atoms with Crippen molar-refractivity contribution >= 4 is 33.2 Å². The minimum atomic E-state index is -3.92. The molecule has 0 spiro atoms. The zero-order valence-corrected chi connectivity index (χ0v) is 20.2. The van der Waals surface area contributed by atoms with Gasteiger partial charge >= 0.3 is 0 Å². The molecule has 1 N–H and O–H groups in total. The molecule has 0 unspecified atom stereocenters. The van der Waals surface area contributed by atoms with Crippen molar-refractivity contribution in [1.82, 2.24) is 10.2 Å². The quantitative estimate of drug-likeness (QED) is 0.549. The predicted molar refractivity (Wildman–Crippen MR) is 130 cm³/mol. The van der Waals surface area contributed by atoms with Crippen molar-refractivity contribution in [2.75, 3.05) is 37.0 Å². The standard InChI is InChI=1S/C24H32ClN3O3S/c1-20-7-11-22(12-8-20)28(32(30,31)23-13-9-21(25)10-14-23)19-24(29)26-15-6-18-27-16-4-2-3-5-17-27/h7-14H,2-6,15-19H2,1H3,(H,26,29). The van der Waals surface area contributed by atoms with E-state index >= 15 is 0 Å². The Labute approximate surface area is 196 Å². The molecule has 1 amide bonds. The molecule has 1 aliphatic rings. The molecule has 2 aromatic carbocycles. The van der Waals surface area contributed by atoms with Crippen LogP contribution >= 0.6 is 11.6 Å². The predicted octanol–water partition coefficient (Wildman–Crippen LogP) is 4.23. The van der Waals surface area contributed by atoms with Crippen LogP contribution in [0.25, 0.3) is 0 Å². The first-order valence-corrected chi connectivity index (χ1v) is 13.0. The molecule has 0 atom stereocenters. The van der Waals surface area contributed by atoms with Crippen molar-refractivity contribution in [2.24, 2.45) is 0 Å². The van der Waals surface area contributed by atoms with Crippen molar-refractivity contribution < 1.29 is 13.2 Å². The first-order valence-electron chi connectivity index (χ1n) is 11.2. The van der Waals surface area contributed by atoms with E-state index in [1.807, 2.05) is 19.1 Å². The molecule has 174 valence electrons. The summed E-state index contributed by atoms with van der Waals surface area (Å²) in [5.74, 6) is -0.320. The molecule has 1 fully saturated rings. The number of aryl methyl sites for hydroxylation is 1. The molecule has 32 heavy (non-hydrogen) atoms. The highest BCUT2D eigenvalue weighted by Gasteiger charge is 2.27. The van der Waals surface area contributed by atoms with Gasteiger partial charge in [0.15, 0.2) is 0 Å². The number of rotatable bonds is 9. The number of carbonyl (C=O) groups is 1. The Morgan fingerprint density at radius 3 is 2.25 bits per heavy atom. The van der Waals surface area contributed by atoms with Gasteiger partial charge in [-0.05, 0) is 82.2 Å². The number of anilines is 1. The Kier molecular flexibility index (Phi) is 8.96. The Hall–Kier alpha value is -2.09. The van der Waals surface area contributed by atoms with Gasteiger partial charge < -0.3 is 10.2 Å². The third-order valence-electron chi connectivity index (χ3n) is 5.68. The lowest BCUT2D eigenvalue weighted by molar-refractivity contribution is -0.119. The summed E-state index contributed by atoms with van der Waals surface area (Å²) in [5, 5.41) is 3.34. The van der Waals surface area contributed by atoms with E-state index in [1.165, 1.54) is 49.9 Å². The number of amides is 1. The Morgan fingerprint density at radius 2 is 1.62 bits per heavy atom. The summed E-state index contributed by atoms with van der Waals surface area (Å²) < 4.78 is 27.8. The fourth-order valence-electron chi connectivity index (χ4n) is 3.84. The molecule has 0 saturated carbocycles. The van der Waals surface area contributed by atoms with Crippen LogP contribution in [0.15, 0.2) is 53.4 Å². The average Bonchev–Trinajstić information content (AvgIpc) is 3.05. The van der Waals surface area contributed by atoms with Crippen LogP contribution in [-0.4, -0.2) is 51.9 Å². The average molecular weight is 478 g/mol. The molecule has 1 saturated heterocycles. The second kappa shape index (κ2) is 11.7. The monoisotopic (exact) mass is 477 g/mol. The summed E-state index contributed by atoms with van der Waals surface area (Å²) in [6.07, 6.45) is 5.91. The van der Waals surface area contributed by atoms with Crippen LogP contribution in [0.3, 0.4) is 0 Å². The summed E-state index contributed by atoms with van der Waals surface area (Å²) in [4.78, 5) is 15.2. The lowest BCUT2D eigenvalue weighted by Gasteiger charge is -2.24. The molecular formula is C24H32ClN3O3S. The van der Waals surface area contributed by atoms with Gasteiger partial charge in [-0.25, -0.2) is 8.42 Å².